The molecule has 6 rings (SSSR count). The fourth-order valence-electron chi connectivity index (χ4n) is 6.38. The smallest absolute Gasteiger partial charge is 0.307 e. The van der Waals surface area contributed by atoms with Crippen molar-refractivity contribution >= 4 is 17.4 Å². The molecule has 0 aromatic heterocycles. The number of ether oxygens (including phenoxy) is 2. The minimum atomic E-state index is -0.849. The van der Waals surface area contributed by atoms with Gasteiger partial charge in [-0.3, -0.25) is 9.59 Å². The molecular weight excluding hydrogens is 509 g/mol. The lowest BCUT2D eigenvalue weighted by Crippen LogP contribution is -2.41. The first kappa shape index (κ1) is 26.1. The van der Waals surface area contributed by atoms with E-state index in [4.69, 9.17) is 9.47 Å². The topological polar surface area (TPSA) is 84.9 Å². The average Bonchev–Trinajstić information content (AvgIpc) is 3.57. The number of hydrogen-bond donors (Lipinski definition) is 2. The van der Waals surface area contributed by atoms with Crippen LogP contribution in [-0.4, -0.2) is 30.6 Å². The standard InChI is InChI=1S/C33H32FNO5/c1-32(2)12-4-5-26(32)24-13-19(6-9-22(24)25-14-20(39-3)8-11-29(25)34)17-40-21-7-10-23-27(15-21)33(18-35-30(23)36)16-28(33)31(37)38/h5-11,13-15,28H,4,12,16-18H2,1-3H3,(H,35,36)(H,37,38). The molecule has 2 N–H and O–H groups in total. The largest absolute Gasteiger partial charge is 0.497 e. The van der Waals surface area contributed by atoms with Crippen LogP contribution in [0.25, 0.3) is 16.7 Å². The van der Waals surface area contributed by atoms with Gasteiger partial charge in [0.25, 0.3) is 5.91 Å². The van der Waals surface area contributed by atoms with Crippen molar-refractivity contribution in [2.24, 2.45) is 11.3 Å². The van der Waals surface area contributed by atoms with E-state index in [2.05, 4.69) is 31.3 Å². The van der Waals surface area contributed by atoms with Crippen molar-refractivity contribution in [2.75, 3.05) is 13.7 Å². The van der Waals surface area contributed by atoms with Crippen molar-refractivity contribution in [3.63, 3.8) is 0 Å². The van der Waals surface area contributed by atoms with Gasteiger partial charge in [0.05, 0.1) is 13.0 Å². The molecule has 2 atom stereocenters. The average molecular weight is 542 g/mol. The van der Waals surface area contributed by atoms with Gasteiger partial charge in [-0.05, 0) is 95.0 Å². The van der Waals surface area contributed by atoms with Crippen molar-refractivity contribution in [3.05, 3.63) is 88.7 Å². The number of benzene rings is 3. The molecule has 2 unspecified atom stereocenters. The third-order valence-electron chi connectivity index (χ3n) is 8.80. The third kappa shape index (κ3) is 4.34. The van der Waals surface area contributed by atoms with Crippen LogP contribution in [0, 0.1) is 17.2 Å². The highest BCUT2D eigenvalue weighted by atomic mass is 19.1. The molecule has 0 bridgehead atoms. The Labute approximate surface area is 232 Å². The number of amides is 1. The number of fused-ring (bicyclic) bond motifs is 2. The maximum absolute atomic E-state index is 15.1. The van der Waals surface area contributed by atoms with E-state index in [1.165, 1.54) is 11.6 Å². The Morgan fingerprint density at radius 1 is 1.02 bits per heavy atom. The maximum Gasteiger partial charge on any atom is 0.307 e. The first-order chi connectivity index (χ1) is 19.1. The van der Waals surface area contributed by atoms with Crippen molar-refractivity contribution in [1.29, 1.82) is 0 Å². The second kappa shape index (κ2) is 9.51. The monoisotopic (exact) mass is 541 g/mol. The molecule has 1 fully saturated rings. The Morgan fingerprint density at radius 2 is 1.80 bits per heavy atom. The zero-order valence-electron chi connectivity index (χ0n) is 22.8. The van der Waals surface area contributed by atoms with Crippen LogP contribution in [0.3, 0.4) is 0 Å². The number of rotatable bonds is 7. The van der Waals surface area contributed by atoms with Crippen LogP contribution in [0.4, 0.5) is 4.39 Å². The molecule has 1 saturated carbocycles. The number of allylic oxidation sites excluding steroid dienone is 2. The molecule has 206 valence electrons. The zero-order chi connectivity index (χ0) is 28.2. The first-order valence-corrected chi connectivity index (χ1v) is 13.6. The molecule has 1 heterocycles. The molecule has 40 heavy (non-hydrogen) atoms. The number of methoxy groups -OCH3 is 1. The van der Waals surface area contributed by atoms with E-state index in [1.807, 2.05) is 18.2 Å². The Kier molecular flexibility index (Phi) is 6.21. The summed E-state index contributed by atoms with van der Waals surface area (Å²) in [5, 5.41) is 12.4. The van der Waals surface area contributed by atoms with Crippen molar-refractivity contribution in [3.8, 4) is 22.6 Å². The van der Waals surface area contributed by atoms with Gasteiger partial charge in [0.15, 0.2) is 0 Å². The number of carboxylic acid groups (broad SMARTS) is 1. The highest BCUT2D eigenvalue weighted by Crippen LogP contribution is 2.56. The first-order valence-electron chi connectivity index (χ1n) is 13.6. The van der Waals surface area contributed by atoms with Crippen LogP contribution in [0.15, 0.2) is 60.7 Å². The lowest BCUT2D eigenvalue weighted by atomic mass is 9.79. The van der Waals surface area contributed by atoms with Gasteiger partial charge in [-0.1, -0.05) is 32.1 Å². The van der Waals surface area contributed by atoms with E-state index in [-0.39, 0.29) is 23.7 Å². The summed E-state index contributed by atoms with van der Waals surface area (Å²) in [4.78, 5) is 24.2. The van der Waals surface area contributed by atoms with Gasteiger partial charge in [-0.25, -0.2) is 4.39 Å². The fourth-order valence-corrected chi connectivity index (χ4v) is 6.38. The van der Waals surface area contributed by atoms with Crippen molar-refractivity contribution in [2.45, 2.75) is 45.1 Å². The van der Waals surface area contributed by atoms with Gasteiger partial charge < -0.3 is 19.9 Å². The molecule has 3 aromatic carbocycles. The quantitative estimate of drug-likeness (QED) is 0.363. The van der Waals surface area contributed by atoms with Gasteiger partial charge in [-0.2, -0.15) is 0 Å². The molecule has 3 aliphatic rings. The third-order valence-corrected chi connectivity index (χ3v) is 8.80. The zero-order valence-corrected chi connectivity index (χ0v) is 22.8. The Bertz CT molecular complexity index is 1580. The number of halogens is 1. The fraction of sp³-hybridized carbons (Fsp3) is 0.333. The summed E-state index contributed by atoms with van der Waals surface area (Å²) in [6.07, 6.45) is 4.72. The molecule has 3 aromatic rings. The number of aliphatic carboxylic acids is 1. The second-order valence-electron chi connectivity index (χ2n) is 11.7. The van der Waals surface area contributed by atoms with E-state index in [0.29, 0.717) is 35.6 Å². The summed E-state index contributed by atoms with van der Waals surface area (Å²) >= 11 is 0. The van der Waals surface area contributed by atoms with Crippen LogP contribution in [-0.2, 0) is 16.8 Å². The molecule has 0 radical (unpaired) electrons. The van der Waals surface area contributed by atoms with Gasteiger partial charge in [0, 0.05) is 23.1 Å². The lowest BCUT2D eigenvalue weighted by Gasteiger charge is -2.27. The minimum Gasteiger partial charge on any atom is -0.497 e. The molecular formula is C33H32FNO5. The second-order valence-corrected chi connectivity index (χ2v) is 11.7. The number of carbonyl (C=O) groups is 2. The maximum atomic E-state index is 15.1. The summed E-state index contributed by atoms with van der Waals surface area (Å²) in [7, 11) is 1.57. The normalized spacial score (nSPS) is 22.4. The number of hydrogen-bond acceptors (Lipinski definition) is 4. The van der Waals surface area contributed by atoms with Crippen LogP contribution >= 0.6 is 0 Å². The summed E-state index contributed by atoms with van der Waals surface area (Å²) < 4.78 is 26.6. The van der Waals surface area contributed by atoms with Crippen LogP contribution in [0.2, 0.25) is 0 Å². The van der Waals surface area contributed by atoms with E-state index in [9.17, 15) is 14.7 Å². The highest BCUT2D eigenvalue weighted by Gasteiger charge is 2.62. The van der Waals surface area contributed by atoms with Crippen LogP contribution in [0.5, 0.6) is 11.5 Å². The van der Waals surface area contributed by atoms with E-state index >= 15 is 4.39 Å². The van der Waals surface area contributed by atoms with Crippen LogP contribution < -0.4 is 14.8 Å². The van der Waals surface area contributed by atoms with Crippen molar-refractivity contribution in [1.82, 2.24) is 5.32 Å². The molecule has 1 amide bonds. The molecule has 0 saturated heterocycles. The van der Waals surface area contributed by atoms with E-state index in [0.717, 1.165) is 35.1 Å². The molecule has 1 aliphatic heterocycles. The summed E-state index contributed by atoms with van der Waals surface area (Å²) in [5.41, 5.74) is 4.98. The van der Waals surface area contributed by atoms with Gasteiger partial charge in [0.2, 0.25) is 0 Å². The van der Waals surface area contributed by atoms with Gasteiger partial charge in [-0.15, -0.1) is 0 Å². The summed E-state index contributed by atoms with van der Waals surface area (Å²) in [6.45, 7) is 5.00. The Morgan fingerprint density at radius 3 is 2.50 bits per heavy atom. The Hall–Kier alpha value is -4.13. The summed E-state index contributed by atoms with van der Waals surface area (Å²) in [5.74, 6) is -0.701. The molecule has 7 heteroatoms. The lowest BCUT2D eigenvalue weighted by molar-refractivity contribution is -0.139. The van der Waals surface area contributed by atoms with Crippen molar-refractivity contribution < 1.29 is 28.6 Å². The SMILES string of the molecule is COc1ccc(F)c(-c2ccc(COc3ccc4c(c3)C3(CNC4=O)CC3C(=O)O)cc2C2=CCCC2(C)C)c1. The minimum absolute atomic E-state index is 0.0537. The number of carbonyl (C=O) groups excluding carboxylic acids is 1. The molecule has 6 nitrogen and oxygen atoms in total. The predicted molar refractivity (Wildman–Crippen MR) is 150 cm³/mol. The summed E-state index contributed by atoms with van der Waals surface area (Å²) in [6, 6.07) is 16.0. The number of nitrogens with one attached hydrogen (secondary N) is 1. The number of carboxylic acids is 1. The Balaban J connectivity index is 1.33. The van der Waals surface area contributed by atoms with E-state index in [1.54, 1.807) is 31.4 Å². The highest BCUT2D eigenvalue weighted by molar-refractivity contribution is 5.99. The van der Waals surface area contributed by atoms with Crippen LogP contribution in [0.1, 0.15) is 60.2 Å². The molecule has 1 spiro atoms. The van der Waals surface area contributed by atoms with Gasteiger partial charge in [0.1, 0.15) is 23.9 Å². The molecule has 2 aliphatic carbocycles. The van der Waals surface area contributed by atoms with Gasteiger partial charge >= 0.3 is 5.97 Å². The van der Waals surface area contributed by atoms with E-state index < -0.39 is 17.3 Å². The predicted octanol–water partition coefficient (Wildman–Crippen LogP) is 6.37.